The summed E-state index contributed by atoms with van der Waals surface area (Å²) in [6, 6.07) is 11.4. The van der Waals surface area contributed by atoms with Crippen molar-refractivity contribution in [2.75, 3.05) is 0 Å². The zero-order valence-electron chi connectivity index (χ0n) is 10.8. The SMILES string of the molecule is Cc1cc(C)cc(Oc2cc(Br)ccc2C(=N)N)c1. The maximum atomic E-state index is 7.58. The number of aryl methyl sites for hydroxylation is 2. The number of benzene rings is 2. The maximum Gasteiger partial charge on any atom is 0.139 e. The van der Waals surface area contributed by atoms with Gasteiger partial charge in [-0.3, -0.25) is 5.41 Å². The normalized spacial score (nSPS) is 10.3. The lowest BCUT2D eigenvalue weighted by atomic mass is 10.1. The molecule has 0 unspecified atom stereocenters. The minimum absolute atomic E-state index is 0.00752. The Morgan fingerprint density at radius 2 is 1.74 bits per heavy atom. The zero-order chi connectivity index (χ0) is 14.0. The summed E-state index contributed by atoms with van der Waals surface area (Å²) in [6.45, 7) is 4.04. The van der Waals surface area contributed by atoms with Crippen LogP contribution in [0.5, 0.6) is 11.5 Å². The summed E-state index contributed by atoms with van der Waals surface area (Å²) in [5.74, 6) is 1.32. The van der Waals surface area contributed by atoms with Crippen molar-refractivity contribution < 1.29 is 4.74 Å². The van der Waals surface area contributed by atoms with Gasteiger partial charge in [0.05, 0.1) is 5.56 Å². The molecule has 0 saturated heterocycles. The van der Waals surface area contributed by atoms with Gasteiger partial charge in [0.1, 0.15) is 17.3 Å². The quantitative estimate of drug-likeness (QED) is 0.660. The molecule has 2 aromatic carbocycles. The van der Waals surface area contributed by atoms with Crippen LogP contribution in [-0.4, -0.2) is 5.84 Å². The van der Waals surface area contributed by atoms with E-state index < -0.39 is 0 Å². The molecule has 4 heteroatoms. The third-order valence-corrected chi connectivity index (χ3v) is 3.15. The highest BCUT2D eigenvalue weighted by molar-refractivity contribution is 9.10. The molecule has 3 N–H and O–H groups in total. The molecule has 0 radical (unpaired) electrons. The number of amidine groups is 1. The van der Waals surface area contributed by atoms with E-state index in [0.29, 0.717) is 11.3 Å². The van der Waals surface area contributed by atoms with E-state index >= 15 is 0 Å². The van der Waals surface area contributed by atoms with Crippen LogP contribution in [0, 0.1) is 19.3 Å². The molecule has 0 spiro atoms. The third kappa shape index (κ3) is 3.35. The van der Waals surface area contributed by atoms with E-state index in [9.17, 15) is 0 Å². The highest BCUT2D eigenvalue weighted by Gasteiger charge is 2.09. The first-order chi connectivity index (χ1) is 8.95. The highest BCUT2D eigenvalue weighted by atomic mass is 79.9. The standard InChI is InChI=1S/C15H15BrN2O/c1-9-5-10(2)7-12(6-9)19-14-8-11(16)3-4-13(14)15(17)18/h3-8H,1-2H3,(H3,17,18). The molecule has 3 nitrogen and oxygen atoms in total. The van der Waals surface area contributed by atoms with Crippen LogP contribution in [-0.2, 0) is 0 Å². The minimum atomic E-state index is -0.00752. The molecule has 2 rings (SSSR count). The summed E-state index contributed by atoms with van der Waals surface area (Å²) in [6.07, 6.45) is 0. The molecular weight excluding hydrogens is 304 g/mol. The highest BCUT2D eigenvalue weighted by Crippen LogP contribution is 2.29. The van der Waals surface area contributed by atoms with Gasteiger partial charge in [-0.05, 0) is 55.3 Å². The van der Waals surface area contributed by atoms with Gasteiger partial charge in [-0.15, -0.1) is 0 Å². The molecule has 0 atom stereocenters. The predicted molar refractivity (Wildman–Crippen MR) is 81.1 cm³/mol. The van der Waals surface area contributed by atoms with Crippen molar-refractivity contribution >= 4 is 21.8 Å². The average Bonchev–Trinajstić information content (AvgIpc) is 2.26. The van der Waals surface area contributed by atoms with E-state index in [1.807, 2.05) is 38.1 Å². The van der Waals surface area contributed by atoms with E-state index in [1.54, 1.807) is 6.07 Å². The first kappa shape index (κ1) is 13.6. The van der Waals surface area contributed by atoms with Crippen LogP contribution in [0.25, 0.3) is 0 Å². The Kier molecular flexibility index (Phi) is 3.90. The largest absolute Gasteiger partial charge is 0.457 e. The van der Waals surface area contributed by atoms with Crippen LogP contribution in [0.3, 0.4) is 0 Å². The van der Waals surface area contributed by atoms with Gasteiger partial charge in [0.15, 0.2) is 0 Å². The van der Waals surface area contributed by atoms with Crippen LogP contribution in [0.1, 0.15) is 16.7 Å². The van der Waals surface area contributed by atoms with Crippen molar-refractivity contribution in [2.24, 2.45) is 5.73 Å². The predicted octanol–water partition coefficient (Wildman–Crippen LogP) is 4.14. The second kappa shape index (κ2) is 5.45. The lowest BCUT2D eigenvalue weighted by Gasteiger charge is -2.12. The zero-order valence-corrected chi connectivity index (χ0v) is 12.4. The Hall–Kier alpha value is -1.81. The number of rotatable bonds is 3. The number of nitrogens with two attached hydrogens (primary N) is 1. The van der Waals surface area contributed by atoms with Gasteiger partial charge in [0.25, 0.3) is 0 Å². The number of nitrogen functional groups attached to an aromatic ring is 1. The van der Waals surface area contributed by atoms with E-state index in [-0.39, 0.29) is 5.84 Å². The van der Waals surface area contributed by atoms with Gasteiger partial charge in [0.2, 0.25) is 0 Å². The summed E-state index contributed by atoms with van der Waals surface area (Å²) >= 11 is 3.40. The molecule has 0 aliphatic heterocycles. The summed E-state index contributed by atoms with van der Waals surface area (Å²) in [4.78, 5) is 0. The van der Waals surface area contributed by atoms with Gasteiger partial charge < -0.3 is 10.5 Å². The monoisotopic (exact) mass is 318 g/mol. The maximum absolute atomic E-state index is 7.58. The van der Waals surface area contributed by atoms with Crippen molar-refractivity contribution in [3.05, 3.63) is 57.6 Å². The molecule has 0 amide bonds. The molecule has 19 heavy (non-hydrogen) atoms. The van der Waals surface area contributed by atoms with Gasteiger partial charge in [-0.1, -0.05) is 22.0 Å². The third-order valence-electron chi connectivity index (χ3n) is 2.66. The number of halogens is 1. The lowest BCUT2D eigenvalue weighted by Crippen LogP contribution is -2.12. The molecular formula is C15H15BrN2O. The van der Waals surface area contributed by atoms with E-state index in [2.05, 4.69) is 22.0 Å². The Morgan fingerprint density at radius 3 is 2.32 bits per heavy atom. The summed E-state index contributed by atoms with van der Waals surface area (Å²) in [5.41, 5.74) is 8.42. The molecule has 0 bridgehead atoms. The molecule has 98 valence electrons. The van der Waals surface area contributed by atoms with Crippen LogP contribution < -0.4 is 10.5 Å². The fourth-order valence-electron chi connectivity index (χ4n) is 1.92. The molecule has 2 aromatic rings. The second-order valence-electron chi connectivity index (χ2n) is 4.48. The first-order valence-corrected chi connectivity index (χ1v) is 6.65. The first-order valence-electron chi connectivity index (χ1n) is 5.86. The van der Waals surface area contributed by atoms with Gasteiger partial charge in [0, 0.05) is 4.47 Å². The second-order valence-corrected chi connectivity index (χ2v) is 5.40. The lowest BCUT2D eigenvalue weighted by molar-refractivity contribution is 0.480. The van der Waals surface area contributed by atoms with Crippen molar-refractivity contribution in [2.45, 2.75) is 13.8 Å². The smallest absolute Gasteiger partial charge is 0.139 e. The Labute approximate surface area is 121 Å². The van der Waals surface area contributed by atoms with Crippen molar-refractivity contribution in [3.63, 3.8) is 0 Å². The fourth-order valence-corrected chi connectivity index (χ4v) is 2.26. The van der Waals surface area contributed by atoms with Gasteiger partial charge in [-0.25, -0.2) is 0 Å². The summed E-state index contributed by atoms with van der Waals surface area (Å²) in [7, 11) is 0. The summed E-state index contributed by atoms with van der Waals surface area (Å²) < 4.78 is 6.75. The van der Waals surface area contributed by atoms with E-state index in [1.165, 1.54) is 0 Å². The molecule has 0 aliphatic carbocycles. The van der Waals surface area contributed by atoms with Crippen LogP contribution >= 0.6 is 15.9 Å². The molecule has 0 aliphatic rings. The Balaban J connectivity index is 2.42. The number of ether oxygens (including phenoxy) is 1. The van der Waals surface area contributed by atoms with Crippen LogP contribution in [0.15, 0.2) is 40.9 Å². The topological polar surface area (TPSA) is 59.1 Å². The Morgan fingerprint density at radius 1 is 1.11 bits per heavy atom. The molecule has 0 fully saturated rings. The van der Waals surface area contributed by atoms with E-state index in [4.69, 9.17) is 15.9 Å². The average molecular weight is 319 g/mol. The Bertz CT molecular complexity index is 618. The molecule has 0 aromatic heterocycles. The van der Waals surface area contributed by atoms with Gasteiger partial charge >= 0.3 is 0 Å². The summed E-state index contributed by atoms with van der Waals surface area (Å²) in [5, 5.41) is 7.58. The number of hydrogen-bond donors (Lipinski definition) is 2. The van der Waals surface area contributed by atoms with Crippen molar-refractivity contribution in [1.82, 2.24) is 0 Å². The minimum Gasteiger partial charge on any atom is -0.457 e. The molecule has 0 saturated carbocycles. The van der Waals surface area contributed by atoms with Crippen LogP contribution in [0.4, 0.5) is 0 Å². The molecule has 0 heterocycles. The fraction of sp³-hybridized carbons (Fsp3) is 0.133. The van der Waals surface area contributed by atoms with E-state index in [0.717, 1.165) is 21.3 Å². The van der Waals surface area contributed by atoms with Gasteiger partial charge in [-0.2, -0.15) is 0 Å². The number of hydrogen-bond acceptors (Lipinski definition) is 2. The van der Waals surface area contributed by atoms with Crippen molar-refractivity contribution in [1.29, 1.82) is 5.41 Å². The number of nitrogens with one attached hydrogen (secondary N) is 1. The van der Waals surface area contributed by atoms with Crippen LogP contribution in [0.2, 0.25) is 0 Å². The van der Waals surface area contributed by atoms with Crippen molar-refractivity contribution in [3.8, 4) is 11.5 Å².